The molecule has 0 atom stereocenters. The van der Waals surface area contributed by atoms with Gasteiger partial charge in [0.1, 0.15) is 5.82 Å². The van der Waals surface area contributed by atoms with E-state index in [1.807, 2.05) is 30.3 Å². The minimum atomic E-state index is -0.722. The van der Waals surface area contributed by atoms with Crippen molar-refractivity contribution < 1.29 is 18.7 Å². The van der Waals surface area contributed by atoms with Crippen molar-refractivity contribution in [1.82, 2.24) is 19.9 Å². The maximum atomic E-state index is 13.3. The Balaban J connectivity index is 1.62. The van der Waals surface area contributed by atoms with Crippen LogP contribution in [0.5, 0.6) is 0 Å². The Bertz CT molecular complexity index is 1000. The molecule has 3 aromatic rings. The summed E-state index contributed by atoms with van der Waals surface area (Å²) >= 11 is 0. The monoisotopic (exact) mass is 396 g/mol. The number of halogens is 1. The Morgan fingerprint density at radius 3 is 2.55 bits per heavy atom. The summed E-state index contributed by atoms with van der Waals surface area (Å²) in [5.41, 5.74) is 1.82. The van der Waals surface area contributed by atoms with Crippen LogP contribution in [0, 0.1) is 12.7 Å². The molecule has 0 unspecified atom stereocenters. The lowest BCUT2D eigenvalue weighted by atomic mass is 10.2. The fraction of sp³-hybridized carbons (Fsp3) is 0.238. The summed E-state index contributed by atoms with van der Waals surface area (Å²) in [5, 5.41) is 8.38. The van der Waals surface area contributed by atoms with Gasteiger partial charge in [-0.15, -0.1) is 5.10 Å². The molecule has 3 rings (SSSR count). The van der Waals surface area contributed by atoms with Crippen LogP contribution in [-0.4, -0.2) is 44.9 Å². The number of hydrogen-bond donors (Lipinski definition) is 0. The molecular weight excluding hydrogens is 375 g/mol. The largest absolute Gasteiger partial charge is 0.451 e. The van der Waals surface area contributed by atoms with Gasteiger partial charge in [0, 0.05) is 13.1 Å². The van der Waals surface area contributed by atoms with Crippen molar-refractivity contribution in [3.63, 3.8) is 0 Å². The molecule has 0 saturated carbocycles. The molecule has 0 N–H and O–H groups in total. The number of amides is 1. The Kier molecular flexibility index (Phi) is 6.33. The number of ether oxygens (including phenoxy) is 1. The molecule has 0 fully saturated rings. The van der Waals surface area contributed by atoms with Gasteiger partial charge in [0.2, 0.25) is 0 Å². The molecule has 0 aliphatic rings. The molecule has 1 aromatic heterocycles. The second-order valence-electron chi connectivity index (χ2n) is 6.37. The van der Waals surface area contributed by atoms with Gasteiger partial charge in [-0.3, -0.25) is 4.79 Å². The number of rotatable bonds is 7. The van der Waals surface area contributed by atoms with Crippen LogP contribution in [0.1, 0.15) is 28.7 Å². The molecule has 0 aliphatic carbocycles. The highest BCUT2D eigenvalue weighted by Crippen LogP contribution is 2.11. The predicted molar refractivity (Wildman–Crippen MR) is 104 cm³/mol. The summed E-state index contributed by atoms with van der Waals surface area (Å²) in [6.07, 6.45) is 0. The zero-order valence-electron chi connectivity index (χ0n) is 16.2. The highest BCUT2D eigenvalue weighted by Gasteiger charge is 2.21. The maximum Gasteiger partial charge on any atom is 0.361 e. The second kappa shape index (κ2) is 9.09. The number of likely N-dealkylation sites (N-methyl/N-ethyl adjacent to an activating group) is 1. The highest BCUT2D eigenvalue weighted by atomic mass is 19.1. The van der Waals surface area contributed by atoms with E-state index in [-0.39, 0.29) is 24.0 Å². The predicted octanol–water partition coefficient (Wildman–Crippen LogP) is 2.92. The van der Waals surface area contributed by atoms with Gasteiger partial charge in [0.05, 0.1) is 11.4 Å². The Morgan fingerprint density at radius 2 is 1.86 bits per heavy atom. The first-order valence-electron chi connectivity index (χ1n) is 9.16. The van der Waals surface area contributed by atoms with Crippen molar-refractivity contribution >= 4 is 11.9 Å². The summed E-state index contributed by atoms with van der Waals surface area (Å²) < 4.78 is 18.5. The van der Waals surface area contributed by atoms with Crippen LogP contribution in [0.4, 0.5) is 4.39 Å². The quantitative estimate of drug-likeness (QED) is 0.574. The molecule has 2 aromatic carbocycles. The van der Waals surface area contributed by atoms with E-state index in [2.05, 4.69) is 10.2 Å². The molecule has 29 heavy (non-hydrogen) atoms. The van der Waals surface area contributed by atoms with Crippen molar-refractivity contribution in [3.8, 4) is 5.69 Å². The van der Waals surface area contributed by atoms with Gasteiger partial charge in [-0.25, -0.2) is 9.18 Å². The third-order valence-electron chi connectivity index (χ3n) is 4.29. The van der Waals surface area contributed by atoms with Crippen molar-refractivity contribution in [2.75, 3.05) is 13.2 Å². The number of carbonyl (C=O) groups excluding carboxylic acids is 2. The van der Waals surface area contributed by atoms with Gasteiger partial charge < -0.3 is 9.64 Å². The second-order valence-corrected chi connectivity index (χ2v) is 6.37. The summed E-state index contributed by atoms with van der Waals surface area (Å²) in [4.78, 5) is 27.6. The molecule has 1 heterocycles. The molecular formula is C21H21FN4O3. The van der Waals surface area contributed by atoms with Crippen molar-refractivity contribution in [2.24, 2.45) is 0 Å². The maximum absolute atomic E-state index is 13.3. The highest BCUT2D eigenvalue weighted by molar-refractivity contribution is 5.90. The normalized spacial score (nSPS) is 10.6. The van der Waals surface area contributed by atoms with E-state index in [1.54, 1.807) is 26.0 Å². The van der Waals surface area contributed by atoms with Crippen LogP contribution in [-0.2, 0) is 16.1 Å². The van der Waals surface area contributed by atoms with Gasteiger partial charge in [0.15, 0.2) is 12.3 Å². The average Bonchev–Trinajstić information content (AvgIpc) is 3.12. The lowest BCUT2D eigenvalue weighted by molar-refractivity contribution is -0.135. The summed E-state index contributed by atoms with van der Waals surface area (Å²) in [6.45, 7) is 3.64. The molecule has 0 bridgehead atoms. The molecule has 7 nitrogen and oxygen atoms in total. The first kappa shape index (κ1) is 20.2. The molecule has 1 amide bonds. The standard InChI is InChI=1S/C21H21FN4O3/c1-3-25(13-16-8-7-9-17(22)12-16)19(27)14-29-21(28)20-15(2)23-26(24-20)18-10-5-4-6-11-18/h4-12H,3,13-14H2,1-2H3. The molecule has 0 aliphatic heterocycles. The molecule has 0 radical (unpaired) electrons. The van der Waals surface area contributed by atoms with Gasteiger partial charge >= 0.3 is 5.97 Å². The van der Waals surface area contributed by atoms with Gasteiger partial charge in [-0.2, -0.15) is 9.90 Å². The van der Waals surface area contributed by atoms with Gasteiger partial charge in [-0.1, -0.05) is 30.3 Å². The van der Waals surface area contributed by atoms with Crippen LogP contribution in [0.3, 0.4) is 0 Å². The topological polar surface area (TPSA) is 77.3 Å². The number of hydrogen-bond acceptors (Lipinski definition) is 5. The van der Waals surface area contributed by atoms with Crippen LogP contribution in [0.25, 0.3) is 5.69 Å². The molecule has 0 spiro atoms. The van der Waals surface area contributed by atoms with E-state index in [0.717, 1.165) is 0 Å². The van der Waals surface area contributed by atoms with E-state index in [9.17, 15) is 14.0 Å². The number of benzene rings is 2. The number of nitrogens with zero attached hydrogens (tertiary/aromatic N) is 4. The third-order valence-corrected chi connectivity index (χ3v) is 4.29. The molecule has 8 heteroatoms. The van der Waals surface area contributed by atoms with E-state index in [0.29, 0.717) is 23.5 Å². The van der Waals surface area contributed by atoms with E-state index in [1.165, 1.54) is 21.8 Å². The van der Waals surface area contributed by atoms with E-state index < -0.39 is 12.6 Å². The lowest BCUT2D eigenvalue weighted by Crippen LogP contribution is -2.34. The van der Waals surface area contributed by atoms with Gasteiger partial charge in [0.25, 0.3) is 5.91 Å². The van der Waals surface area contributed by atoms with Crippen LogP contribution in [0.2, 0.25) is 0 Å². The number of aromatic nitrogens is 3. The summed E-state index contributed by atoms with van der Waals surface area (Å²) in [7, 11) is 0. The number of esters is 1. The summed E-state index contributed by atoms with van der Waals surface area (Å²) in [6, 6.07) is 15.2. The van der Waals surface area contributed by atoms with Crippen LogP contribution >= 0.6 is 0 Å². The zero-order chi connectivity index (χ0) is 20.8. The van der Waals surface area contributed by atoms with Gasteiger partial charge in [-0.05, 0) is 43.7 Å². The van der Waals surface area contributed by atoms with Crippen LogP contribution < -0.4 is 0 Å². The fourth-order valence-corrected chi connectivity index (χ4v) is 2.76. The van der Waals surface area contributed by atoms with Crippen molar-refractivity contribution in [1.29, 1.82) is 0 Å². The van der Waals surface area contributed by atoms with Crippen LogP contribution in [0.15, 0.2) is 54.6 Å². The van der Waals surface area contributed by atoms with E-state index in [4.69, 9.17) is 4.74 Å². The fourth-order valence-electron chi connectivity index (χ4n) is 2.76. The minimum Gasteiger partial charge on any atom is -0.451 e. The molecule has 0 saturated heterocycles. The SMILES string of the molecule is CCN(Cc1cccc(F)c1)C(=O)COC(=O)c1nn(-c2ccccc2)nc1C. The third kappa shape index (κ3) is 5.04. The first-order valence-corrected chi connectivity index (χ1v) is 9.16. The Labute approximate surface area is 167 Å². The molecule has 150 valence electrons. The Morgan fingerprint density at radius 1 is 1.10 bits per heavy atom. The Hall–Kier alpha value is -3.55. The van der Waals surface area contributed by atoms with Crippen molar-refractivity contribution in [3.05, 3.63) is 77.4 Å². The minimum absolute atomic E-state index is 0.0508. The summed E-state index contributed by atoms with van der Waals surface area (Å²) in [5.74, 6) is -1.47. The smallest absolute Gasteiger partial charge is 0.361 e. The number of aryl methyl sites for hydroxylation is 1. The zero-order valence-corrected chi connectivity index (χ0v) is 16.2. The lowest BCUT2D eigenvalue weighted by Gasteiger charge is -2.20. The van der Waals surface area contributed by atoms with Crippen molar-refractivity contribution in [2.45, 2.75) is 20.4 Å². The number of para-hydroxylation sites is 1. The van der Waals surface area contributed by atoms with E-state index >= 15 is 0 Å². The average molecular weight is 396 g/mol. The first-order chi connectivity index (χ1) is 14.0. The number of carbonyl (C=O) groups is 2.